The molecule has 0 aliphatic rings. The lowest BCUT2D eigenvalue weighted by Crippen LogP contribution is -2.06. The van der Waals surface area contributed by atoms with Gasteiger partial charge in [0.2, 0.25) is 5.95 Å². The number of aromatic amines is 1. The van der Waals surface area contributed by atoms with Gasteiger partial charge in [-0.2, -0.15) is 4.98 Å². The highest BCUT2D eigenvalue weighted by molar-refractivity contribution is 5.74. The van der Waals surface area contributed by atoms with Crippen molar-refractivity contribution in [3.05, 3.63) is 66.5 Å². The molecule has 118 valence electrons. The topological polar surface area (TPSA) is 92.5 Å². The third kappa shape index (κ3) is 2.89. The molecular formula is C18H16N6. The molecule has 4 N–H and O–H groups in total. The minimum absolute atomic E-state index is 0.239. The summed E-state index contributed by atoms with van der Waals surface area (Å²) in [4.78, 5) is 16.4. The first-order valence-electron chi connectivity index (χ1n) is 7.65. The first kappa shape index (κ1) is 14.2. The van der Waals surface area contributed by atoms with E-state index in [4.69, 9.17) is 5.73 Å². The van der Waals surface area contributed by atoms with Crippen molar-refractivity contribution in [3.63, 3.8) is 0 Å². The highest BCUT2D eigenvalue weighted by Crippen LogP contribution is 2.20. The fourth-order valence-electron chi connectivity index (χ4n) is 2.58. The number of imidazole rings is 1. The number of nitrogens with one attached hydrogen (secondary N) is 2. The SMILES string of the molecule is Nc1nc(NCc2nc3ccccc3[nH]2)cc(-c2ccccc2)n1. The summed E-state index contributed by atoms with van der Waals surface area (Å²) in [6.07, 6.45) is 0. The maximum atomic E-state index is 5.84. The van der Waals surface area contributed by atoms with Gasteiger partial charge in [0.25, 0.3) is 0 Å². The molecule has 0 aliphatic heterocycles. The van der Waals surface area contributed by atoms with Crippen molar-refractivity contribution < 1.29 is 0 Å². The van der Waals surface area contributed by atoms with Crippen LogP contribution in [0.3, 0.4) is 0 Å². The summed E-state index contributed by atoms with van der Waals surface area (Å²) in [7, 11) is 0. The van der Waals surface area contributed by atoms with Crippen LogP contribution in [-0.4, -0.2) is 19.9 Å². The van der Waals surface area contributed by atoms with Crippen LogP contribution in [0.25, 0.3) is 22.3 Å². The molecule has 0 bridgehead atoms. The predicted molar refractivity (Wildman–Crippen MR) is 95.3 cm³/mol. The second kappa shape index (κ2) is 6.00. The van der Waals surface area contributed by atoms with Crippen LogP contribution in [0.5, 0.6) is 0 Å². The molecule has 0 saturated heterocycles. The number of benzene rings is 2. The number of fused-ring (bicyclic) bond motifs is 1. The molecule has 2 heterocycles. The zero-order chi connectivity index (χ0) is 16.4. The Labute approximate surface area is 138 Å². The molecule has 0 unspecified atom stereocenters. The van der Waals surface area contributed by atoms with E-state index in [9.17, 15) is 0 Å². The van der Waals surface area contributed by atoms with Gasteiger partial charge in [0.15, 0.2) is 0 Å². The molecule has 0 spiro atoms. The fourth-order valence-corrected chi connectivity index (χ4v) is 2.58. The predicted octanol–water partition coefficient (Wildman–Crippen LogP) is 3.21. The van der Waals surface area contributed by atoms with Gasteiger partial charge in [0, 0.05) is 11.6 Å². The summed E-state index contributed by atoms with van der Waals surface area (Å²) < 4.78 is 0. The lowest BCUT2D eigenvalue weighted by Gasteiger charge is -2.07. The summed E-state index contributed by atoms with van der Waals surface area (Å²) in [6.45, 7) is 0.527. The second-order valence-corrected chi connectivity index (χ2v) is 5.42. The Kier molecular flexibility index (Phi) is 3.55. The summed E-state index contributed by atoms with van der Waals surface area (Å²) in [6, 6.07) is 19.7. The average molecular weight is 316 g/mol. The summed E-state index contributed by atoms with van der Waals surface area (Å²) in [5.74, 6) is 1.75. The van der Waals surface area contributed by atoms with E-state index in [2.05, 4.69) is 25.3 Å². The van der Waals surface area contributed by atoms with E-state index in [1.807, 2.05) is 60.7 Å². The zero-order valence-corrected chi connectivity index (χ0v) is 12.9. The van der Waals surface area contributed by atoms with Crippen LogP contribution in [0, 0.1) is 0 Å². The number of nitrogens with zero attached hydrogens (tertiary/aromatic N) is 3. The van der Waals surface area contributed by atoms with Gasteiger partial charge in [-0.05, 0) is 12.1 Å². The summed E-state index contributed by atoms with van der Waals surface area (Å²) >= 11 is 0. The largest absolute Gasteiger partial charge is 0.368 e. The van der Waals surface area contributed by atoms with Crippen LogP contribution >= 0.6 is 0 Å². The molecule has 0 atom stereocenters. The molecular weight excluding hydrogens is 300 g/mol. The molecule has 6 heteroatoms. The van der Waals surface area contributed by atoms with Gasteiger partial charge < -0.3 is 16.0 Å². The summed E-state index contributed by atoms with van der Waals surface area (Å²) in [5, 5.41) is 3.25. The molecule has 2 aromatic heterocycles. The number of nitrogen functional groups attached to an aromatic ring is 1. The molecule has 6 nitrogen and oxygen atoms in total. The van der Waals surface area contributed by atoms with Gasteiger partial charge in [0.05, 0.1) is 23.3 Å². The molecule has 0 radical (unpaired) electrons. The lowest BCUT2D eigenvalue weighted by atomic mass is 10.1. The van der Waals surface area contributed by atoms with Gasteiger partial charge in [-0.15, -0.1) is 0 Å². The number of aromatic nitrogens is 4. The van der Waals surface area contributed by atoms with Crippen molar-refractivity contribution in [2.24, 2.45) is 0 Å². The van der Waals surface area contributed by atoms with E-state index in [1.165, 1.54) is 0 Å². The third-order valence-corrected chi connectivity index (χ3v) is 3.69. The summed E-state index contributed by atoms with van der Waals surface area (Å²) in [5.41, 5.74) is 9.59. The minimum Gasteiger partial charge on any atom is -0.368 e. The van der Waals surface area contributed by atoms with E-state index in [1.54, 1.807) is 0 Å². The van der Waals surface area contributed by atoms with E-state index in [0.29, 0.717) is 12.4 Å². The molecule has 0 saturated carbocycles. The maximum Gasteiger partial charge on any atom is 0.222 e. The van der Waals surface area contributed by atoms with Crippen LogP contribution in [0.1, 0.15) is 5.82 Å². The van der Waals surface area contributed by atoms with Crippen molar-refractivity contribution in [3.8, 4) is 11.3 Å². The molecule has 24 heavy (non-hydrogen) atoms. The van der Waals surface area contributed by atoms with E-state index in [-0.39, 0.29) is 5.95 Å². The number of anilines is 2. The minimum atomic E-state index is 0.239. The Hall–Kier alpha value is -3.41. The first-order valence-corrected chi connectivity index (χ1v) is 7.65. The maximum absolute atomic E-state index is 5.84. The smallest absolute Gasteiger partial charge is 0.222 e. The lowest BCUT2D eigenvalue weighted by molar-refractivity contribution is 0.994. The Bertz CT molecular complexity index is 944. The number of hydrogen-bond donors (Lipinski definition) is 3. The number of rotatable bonds is 4. The fraction of sp³-hybridized carbons (Fsp3) is 0.0556. The van der Waals surface area contributed by atoms with Gasteiger partial charge >= 0.3 is 0 Å². The molecule has 0 fully saturated rings. The van der Waals surface area contributed by atoms with E-state index >= 15 is 0 Å². The Balaban J connectivity index is 1.57. The Morgan fingerprint density at radius 1 is 0.917 bits per heavy atom. The normalized spacial score (nSPS) is 10.8. The third-order valence-electron chi connectivity index (χ3n) is 3.69. The van der Waals surface area contributed by atoms with Gasteiger partial charge in [0.1, 0.15) is 11.6 Å². The molecule has 0 amide bonds. The number of H-pyrrole nitrogens is 1. The standard InChI is InChI=1S/C18H16N6/c19-18-23-15(12-6-2-1-3-7-12)10-16(24-18)20-11-17-21-13-8-4-5-9-14(13)22-17/h1-10H,11H2,(H,21,22)(H3,19,20,23,24). The highest BCUT2D eigenvalue weighted by atomic mass is 15.1. The molecule has 2 aromatic carbocycles. The van der Waals surface area contributed by atoms with Crippen LogP contribution in [-0.2, 0) is 6.54 Å². The Morgan fingerprint density at radius 2 is 1.71 bits per heavy atom. The van der Waals surface area contributed by atoms with Gasteiger partial charge in [-0.1, -0.05) is 42.5 Å². The van der Waals surface area contributed by atoms with Gasteiger partial charge in [-0.3, -0.25) is 0 Å². The molecule has 4 aromatic rings. The Morgan fingerprint density at radius 3 is 2.54 bits per heavy atom. The van der Waals surface area contributed by atoms with Crippen molar-refractivity contribution in [2.75, 3.05) is 11.1 Å². The quantitative estimate of drug-likeness (QED) is 0.537. The number of nitrogens with two attached hydrogens (primary N) is 1. The monoisotopic (exact) mass is 316 g/mol. The number of hydrogen-bond acceptors (Lipinski definition) is 5. The van der Waals surface area contributed by atoms with Crippen molar-refractivity contribution in [1.82, 2.24) is 19.9 Å². The van der Waals surface area contributed by atoms with E-state index in [0.717, 1.165) is 28.1 Å². The first-order chi connectivity index (χ1) is 11.8. The van der Waals surface area contributed by atoms with E-state index < -0.39 is 0 Å². The van der Waals surface area contributed by atoms with Gasteiger partial charge in [-0.25, -0.2) is 9.97 Å². The zero-order valence-electron chi connectivity index (χ0n) is 12.9. The average Bonchev–Trinajstić information content (AvgIpc) is 3.03. The second-order valence-electron chi connectivity index (χ2n) is 5.42. The van der Waals surface area contributed by atoms with Crippen LogP contribution in [0.15, 0.2) is 60.7 Å². The number of para-hydroxylation sites is 2. The van der Waals surface area contributed by atoms with Crippen LogP contribution < -0.4 is 11.1 Å². The van der Waals surface area contributed by atoms with Crippen LogP contribution in [0.2, 0.25) is 0 Å². The van der Waals surface area contributed by atoms with Crippen molar-refractivity contribution in [2.45, 2.75) is 6.54 Å². The van der Waals surface area contributed by atoms with Crippen molar-refractivity contribution >= 4 is 22.8 Å². The molecule has 0 aliphatic carbocycles. The highest BCUT2D eigenvalue weighted by Gasteiger charge is 2.06. The van der Waals surface area contributed by atoms with Crippen LogP contribution in [0.4, 0.5) is 11.8 Å². The van der Waals surface area contributed by atoms with Crippen molar-refractivity contribution in [1.29, 1.82) is 0 Å². The molecule has 4 rings (SSSR count).